The maximum atomic E-state index is 13.1. The summed E-state index contributed by atoms with van der Waals surface area (Å²) in [6.07, 6.45) is 1.55. The smallest absolute Gasteiger partial charge is 0.231 e. The lowest BCUT2D eigenvalue weighted by Crippen LogP contribution is -1.98. The summed E-state index contributed by atoms with van der Waals surface area (Å²) >= 11 is 18.2. The van der Waals surface area contributed by atoms with Crippen LogP contribution in [0.3, 0.4) is 0 Å². The highest BCUT2D eigenvalue weighted by Crippen LogP contribution is 2.36. The van der Waals surface area contributed by atoms with Gasteiger partial charge in [0, 0.05) is 11.6 Å². The molecule has 3 aromatic carbocycles. The summed E-state index contributed by atoms with van der Waals surface area (Å²) in [5.74, 6) is 0.329. The van der Waals surface area contributed by atoms with Gasteiger partial charge in [0.1, 0.15) is 23.9 Å². The van der Waals surface area contributed by atoms with Crippen LogP contribution in [0.25, 0.3) is 6.08 Å². The van der Waals surface area contributed by atoms with Crippen molar-refractivity contribution in [2.45, 2.75) is 6.61 Å². The van der Waals surface area contributed by atoms with Gasteiger partial charge in [-0.25, -0.2) is 4.39 Å². The molecule has 3 aromatic rings. The molecule has 0 N–H and O–H groups in total. The minimum atomic E-state index is -0.415. The van der Waals surface area contributed by atoms with Gasteiger partial charge in [-0.3, -0.25) is 4.79 Å². The molecule has 0 amide bonds. The van der Waals surface area contributed by atoms with Crippen molar-refractivity contribution in [3.63, 3.8) is 0 Å². The highest BCUT2D eigenvalue weighted by molar-refractivity contribution is 6.43. The van der Waals surface area contributed by atoms with Gasteiger partial charge in [-0.1, -0.05) is 53.0 Å². The highest BCUT2D eigenvalue weighted by atomic mass is 35.5. The molecule has 4 rings (SSSR count). The Morgan fingerprint density at radius 2 is 1.83 bits per heavy atom. The fourth-order valence-corrected chi connectivity index (χ4v) is 3.41. The zero-order chi connectivity index (χ0) is 20.5. The largest absolute Gasteiger partial charge is 0.489 e. The first-order valence-corrected chi connectivity index (χ1v) is 9.65. The molecular weight excluding hydrogens is 438 g/mol. The Morgan fingerprint density at radius 1 is 1.00 bits per heavy atom. The van der Waals surface area contributed by atoms with Gasteiger partial charge in [-0.15, -0.1) is 0 Å². The third-order valence-electron chi connectivity index (χ3n) is 4.32. The van der Waals surface area contributed by atoms with E-state index in [1.165, 1.54) is 12.1 Å². The molecule has 1 aliphatic rings. The molecule has 146 valence electrons. The van der Waals surface area contributed by atoms with Crippen molar-refractivity contribution < 1.29 is 18.7 Å². The Hall–Kier alpha value is -2.53. The maximum absolute atomic E-state index is 13.1. The number of ketones is 1. The highest BCUT2D eigenvalue weighted by Gasteiger charge is 2.28. The molecule has 0 aromatic heterocycles. The second kappa shape index (κ2) is 8.07. The number of carbonyl (C=O) groups is 1. The van der Waals surface area contributed by atoms with Gasteiger partial charge in [0.25, 0.3) is 0 Å². The predicted molar refractivity (Wildman–Crippen MR) is 112 cm³/mol. The molecule has 0 aliphatic carbocycles. The van der Waals surface area contributed by atoms with Crippen molar-refractivity contribution in [2.24, 2.45) is 0 Å². The summed E-state index contributed by atoms with van der Waals surface area (Å²) in [4.78, 5) is 12.6. The fraction of sp³-hybridized carbons (Fsp3) is 0.0455. The quantitative estimate of drug-likeness (QED) is 0.403. The fourth-order valence-electron chi connectivity index (χ4n) is 2.83. The van der Waals surface area contributed by atoms with E-state index in [4.69, 9.17) is 44.3 Å². The van der Waals surface area contributed by atoms with Gasteiger partial charge in [0.05, 0.1) is 20.6 Å². The van der Waals surface area contributed by atoms with Crippen LogP contribution < -0.4 is 9.47 Å². The van der Waals surface area contributed by atoms with E-state index in [0.717, 1.165) is 0 Å². The first kappa shape index (κ1) is 19.8. The molecule has 3 nitrogen and oxygen atoms in total. The molecule has 0 atom stereocenters. The summed E-state index contributed by atoms with van der Waals surface area (Å²) in [5, 5.41) is 1.01. The van der Waals surface area contributed by atoms with Crippen molar-refractivity contribution in [1.82, 2.24) is 0 Å². The number of ether oxygens (including phenoxy) is 2. The van der Waals surface area contributed by atoms with Crippen molar-refractivity contribution >= 4 is 46.7 Å². The Bertz CT molecular complexity index is 1160. The summed E-state index contributed by atoms with van der Waals surface area (Å²) in [6, 6.07) is 14.1. The molecule has 0 unspecified atom stereocenters. The molecule has 0 saturated heterocycles. The third-order valence-corrected chi connectivity index (χ3v) is 5.50. The molecule has 0 bridgehead atoms. The molecular formula is C22H12Cl3FO3. The molecule has 0 radical (unpaired) electrons. The van der Waals surface area contributed by atoms with Crippen molar-refractivity contribution in [3.8, 4) is 11.5 Å². The van der Waals surface area contributed by atoms with Crippen molar-refractivity contribution in [3.05, 3.63) is 97.9 Å². The van der Waals surface area contributed by atoms with E-state index >= 15 is 0 Å². The van der Waals surface area contributed by atoms with Crippen LogP contribution in [0.15, 0.2) is 60.4 Å². The normalized spacial score (nSPS) is 14.1. The maximum Gasteiger partial charge on any atom is 0.231 e. The van der Waals surface area contributed by atoms with Gasteiger partial charge in [0.15, 0.2) is 5.76 Å². The van der Waals surface area contributed by atoms with Gasteiger partial charge >= 0.3 is 0 Å². The molecule has 1 heterocycles. The van der Waals surface area contributed by atoms with Crippen LogP contribution in [0.5, 0.6) is 11.5 Å². The summed E-state index contributed by atoms with van der Waals surface area (Å²) in [7, 11) is 0. The summed E-state index contributed by atoms with van der Waals surface area (Å²) in [6.45, 7) is 0.146. The lowest BCUT2D eigenvalue weighted by atomic mass is 10.1. The first-order valence-electron chi connectivity index (χ1n) is 8.51. The Balaban J connectivity index is 1.54. The zero-order valence-corrected chi connectivity index (χ0v) is 17.0. The third kappa shape index (κ3) is 4.10. The second-order valence-corrected chi connectivity index (χ2v) is 7.46. The van der Waals surface area contributed by atoms with E-state index in [2.05, 4.69) is 0 Å². The average molecular weight is 450 g/mol. The average Bonchev–Trinajstić information content (AvgIpc) is 3.00. The minimum Gasteiger partial charge on any atom is -0.489 e. The number of Topliss-reactive ketones (excluding diaryl/α,β-unsaturated/α-hetero) is 1. The number of carbonyl (C=O) groups excluding carboxylic acids is 1. The van der Waals surface area contributed by atoms with E-state index in [-0.39, 0.29) is 23.2 Å². The van der Waals surface area contributed by atoms with E-state index in [9.17, 15) is 9.18 Å². The van der Waals surface area contributed by atoms with Crippen molar-refractivity contribution in [1.29, 1.82) is 0 Å². The van der Waals surface area contributed by atoms with E-state index in [0.29, 0.717) is 38.2 Å². The number of halogens is 4. The van der Waals surface area contributed by atoms with Gasteiger partial charge in [-0.05, 0) is 42.0 Å². The number of allylic oxidation sites excluding steroid dienone is 1. The van der Waals surface area contributed by atoms with Crippen molar-refractivity contribution in [2.75, 3.05) is 0 Å². The number of benzene rings is 3. The molecule has 0 spiro atoms. The minimum absolute atomic E-state index is 0.142. The SMILES string of the molecule is O=C1C(=Cc2cccc(Cl)c2Cl)Oc2cc(OCc3ccc(F)cc3Cl)ccc21. The molecule has 1 aliphatic heterocycles. The molecule has 7 heteroatoms. The Morgan fingerprint density at radius 3 is 2.62 bits per heavy atom. The number of hydrogen-bond acceptors (Lipinski definition) is 3. The predicted octanol–water partition coefficient (Wildman–Crippen LogP) is 6.98. The standard InChI is InChI=1S/C22H12Cl3FO3/c23-17-3-1-2-12(21(17)25)8-20-22(27)16-7-6-15(10-19(16)29-20)28-11-13-4-5-14(26)9-18(13)24/h1-10H,11H2. The summed E-state index contributed by atoms with van der Waals surface area (Å²) in [5.41, 5.74) is 1.64. The lowest BCUT2D eigenvalue weighted by Gasteiger charge is -2.09. The molecule has 29 heavy (non-hydrogen) atoms. The first-order chi connectivity index (χ1) is 13.9. The Kier molecular flexibility index (Phi) is 5.50. The van der Waals surface area contributed by atoms with Gasteiger partial charge in [-0.2, -0.15) is 0 Å². The van der Waals surface area contributed by atoms with E-state index in [1.54, 1.807) is 48.5 Å². The number of rotatable bonds is 4. The zero-order valence-electron chi connectivity index (χ0n) is 14.7. The van der Waals surface area contributed by atoms with Crippen LogP contribution in [0.2, 0.25) is 15.1 Å². The van der Waals surface area contributed by atoms with Crippen LogP contribution in [0.1, 0.15) is 21.5 Å². The van der Waals surface area contributed by atoms with Gasteiger partial charge < -0.3 is 9.47 Å². The summed E-state index contributed by atoms with van der Waals surface area (Å²) < 4.78 is 24.6. The lowest BCUT2D eigenvalue weighted by molar-refractivity contribution is 0.101. The van der Waals surface area contributed by atoms with Crippen LogP contribution in [0, 0.1) is 5.82 Å². The second-order valence-electron chi connectivity index (χ2n) is 6.27. The molecule has 0 fully saturated rings. The Labute approximate surface area is 181 Å². The monoisotopic (exact) mass is 448 g/mol. The van der Waals surface area contributed by atoms with Crippen LogP contribution in [-0.2, 0) is 6.61 Å². The molecule has 0 saturated carbocycles. The van der Waals surface area contributed by atoms with Crippen LogP contribution in [-0.4, -0.2) is 5.78 Å². The number of hydrogen-bond donors (Lipinski definition) is 0. The van der Waals surface area contributed by atoms with E-state index in [1.807, 2.05) is 0 Å². The topological polar surface area (TPSA) is 35.5 Å². The number of fused-ring (bicyclic) bond motifs is 1. The van der Waals surface area contributed by atoms with Crippen LogP contribution in [0.4, 0.5) is 4.39 Å². The van der Waals surface area contributed by atoms with Gasteiger partial charge in [0.2, 0.25) is 5.78 Å². The van der Waals surface area contributed by atoms with E-state index < -0.39 is 5.82 Å². The van der Waals surface area contributed by atoms with Crippen LogP contribution >= 0.6 is 34.8 Å².